The topological polar surface area (TPSA) is 131 Å². The minimum Gasteiger partial charge on any atom is -0.544 e. The normalized spacial score (nSPS) is 23.1. The van der Waals surface area contributed by atoms with E-state index in [2.05, 4.69) is 15.7 Å². The zero-order valence-electron chi connectivity index (χ0n) is 13.2. The van der Waals surface area contributed by atoms with Crippen molar-refractivity contribution in [3.05, 3.63) is 11.6 Å². The second-order valence-electron chi connectivity index (χ2n) is 5.05. The summed E-state index contributed by atoms with van der Waals surface area (Å²) < 4.78 is 13.1. The van der Waals surface area contributed by atoms with Crippen LogP contribution in [-0.2, 0) is 19.2 Å². The summed E-state index contributed by atoms with van der Waals surface area (Å²) in [5.41, 5.74) is 4.71. The molecule has 0 aromatic rings. The minimum atomic E-state index is -2.81. The molecule has 2 rings (SSSR count). The molecular weight excluding hydrogens is 322 g/mol. The number of alkyl halides is 1. The number of rotatable bonds is 4. The third-order valence-electron chi connectivity index (χ3n) is 3.32. The molecule has 0 aromatic carbocycles. The molecule has 12 heteroatoms. The van der Waals surface area contributed by atoms with E-state index in [1.54, 1.807) is 6.92 Å². The van der Waals surface area contributed by atoms with Crippen LogP contribution >= 0.6 is 0 Å². The van der Waals surface area contributed by atoms with Gasteiger partial charge in [0.25, 0.3) is 12.3 Å². The molecule has 24 heavy (non-hydrogen) atoms. The first-order valence-corrected chi connectivity index (χ1v) is 6.58. The Morgan fingerprint density at radius 1 is 1.42 bits per heavy atom. The summed E-state index contributed by atoms with van der Waals surface area (Å²) in [4.78, 5) is 51.0. The number of urea groups is 1. The summed E-state index contributed by atoms with van der Waals surface area (Å²) in [5.74, 6) is -3.28. The van der Waals surface area contributed by atoms with Gasteiger partial charge in [0.1, 0.15) is 12.0 Å². The van der Waals surface area contributed by atoms with Gasteiger partial charge in [0.05, 0.1) is 12.6 Å². The van der Waals surface area contributed by atoms with E-state index in [1.165, 1.54) is 13.0 Å². The Morgan fingerprint density at radius 2 is 2.04 bits per heavy atom. The Kier molecular flexibility index (Phi) is 6.36. The Morgan fingerprint density at radius 3 is 2.58 bits per heavy atom. The first kappa shape index (κ1) is 20.0. The molecule has 10 nitrogen and oxygen atoms in total. The predicted molar refractivity (Wildman–Crippen MR) is 68.2 cm³/mol. The van der Waals surface area contributed by atoms with Crippen molar-refractivity contribution in [3.8, 4) is 0 Å². The van der Waals surface area contributed by atoms with Crippen molar-refractivity contribution < 1.29 is 52.4 Å². The number of halogens is 1. The van der Waals surface area contributed by atoms with Crippen LogP contribution < -0.4 is 34.8 Å². The summed E-state index contributed by atoms with van der Waals surface area (Å²) >= 11 is 0. The van der Waals surface area contributed by atoms with Crippen molar-refractivity contribution >= 4 is 23.8 Å². The van der Waals surface area contributed by atoms with Crippen molar-refractivity contribution in [2.45, 2.75) is 32.3 Å². The Balaban J connectivity index is 0.00000288. The van der Waals surface area contributed by atoms with Crippen LogP contribution in [-0.4, -0.2) is 58.8 Å². The van der Waals surface area contributed by atoms with E-state index in [4.69, 9.17) is 0 Å². The van der Waals surface area contributed by atoms with Crippen LogP contribution in [0.4, 0.5) is 9.18 Å². The number of hydrazine groups is 1. The van der Waals surface area contributed by atoms with E-state index < -0.39 is 42.3 Å². The van der Waals surface area contributed by atoms with Gasteiger partial charge >= 0.3 is 24.9 Å². The number of carbonyl (C=O) groups is 4. The smallest absolute Gasteiger partial charge is 0.544 e. The zero-order chi connectivity index (χ0) is 17.3. The first-order valence-electron chi connectivity index (χ1n) is 6.58. The number of fused-ring (bicyclic) bond motifs is 2. The van der Waals surface area contributed by atoms with Crippen molar-refractivity contribution in [2.24, 2.45) is 0 Å². The quantitative estimate of drug-likeness (QED) is 0.299. The molecule has 0 saturated carbocycles. The molecule has 1 fully saturated rings. The van der Waals surface area contributed by atoms with E-state index in [9.17, 15) is 28.7 Å². The van der Waals surface area contributed by atoms with Crippen molar-refractivity contribution in [2.75, 3.05) is 6.54 Å². The summed E-state index contributed by atoms with van der Waals surface area (Å²) in [6, 6.07) is -2.62. The third-order valence-corrected chi connectivity index (χ3v) is 3.32. The van der Waals surface area contributed by atoms with Crippen molar-refractivity contribution in [1.82, 2.24) is 20.8 Å². The van der Waals surface area contributed by atoms with Crippen molar-refractivity contribution in [1.29, 1.82) is 0 Å². The largest absolute Gasteiger partial charge is 1.00 e. The molecule has 4 amide bonds. The second kappa shape index (κ2) is 7.65. The molecule has 0 aliphatic carbocycles. The van der Waals surface area contributed by atoms with Crippen LogP contribution in [0.15, 0.2) is 11.6 Å². The molecule has 2 bridgehead atoms. The maximum absolute atomic E-state index is 13.1. The number of nitrogens with one attached hydrogen (secondary N) is 2. The van der Waals surface area contributed by atoms with E-state index in [0.717, 1.165) is 4.90 Å². The van der Waals surface area contributed by atoms with Gasteiger partial charge in [-0.2, -0.15) is 5.06 Å². The molecule has 0 aromatic heterocycles. The van der Waals surface area contributed by atoms with Crippen LogP contribution in [0.3, 0.4) is 0 Å². The number of hydrogen-bond donors (Lipinski definition) is 2. The average Bonchev–Trinajstić information content (AvgIpc) is 2.70. The average molecular weight is 336 g/mol. The summed E-state index contributed by atoms with van der Waals surface area (Å²) in [7, 11) is 0. The van der Waals surface area contributed by atoms with E-state index in [0.29, 0.717) is 10.6 Å². The Labute approximate surface area is 148 Å². The number of aliphatic carboxylic acids is 1. The van der Waals surface area contributed by atoms with E-state index in [-0.39, 0.29) is 25.4 Å². The fraction of sp³-hybridized carbons (Fsp3) is 0.500. The molecule has 2 heterocycles. The number of hydrogen-bond acceptors (Lipinski definition) is 6. The standard InChI is InChI=1S/C12H15FN4O6.Li/c1-5-3-7-4-16(8(5)10(19)15-14-6(2)18)12(22)17(7)23-9(13)11(20)21;/h3,7-9H,4H2,1-2H3,(H,14,18)(H,15,19)(H,20,21);/q;+1/p-1/t7-,8+,9?;/m1./s1. The number of nitrogens with zero attached hydrogens (tertiary/aromatic N) is 2. The SMILES string of the molecule is CC(=O)NNC(=O)[C@@H]1C(C)=C[C@@H]2CN1C(=O)N2OC(F)C(=O)[O-].[Li+]. The van der Waals surface area contributed by atoms with Crippen LogP contribution in [0.2, 0.25) is 0 Å². The van der Waals surface area contributed by atoms with Gasteiger partial charge in [-0.15, -0.1) is 0 Å². The molecule has 0 spiro atoms. The molecule has 3 atom stereocenters. The maximum Gasteiger partial charge on any atom is 1.00 e. The molecule has 2 aliphatic rings. The fourth-order valence-corrected chi connectivity index (χ4v) is 2.43. The zero-order valence-corrected chi connectivity index (χ0v) is 13.2. The molecule has 2 aliphatic heterocycles. The van der Waals surface area contributed by atoms with Crippen LogP contribution in [0, 0.1) is 0 Å². The third kappa shape index (κ3) is 3.87. The van der Waals surface area contributed by atoms with Crippen LogP contribution in [0.1, 0.15) is 13.8 Å². The molecular formula is C12H14FLiN4O6. The molecule has 2 N–H and O–H groups in total. The number of amides is 4. The van der Waals surface area contributed by atoms with Gasteiger partial charge in [-0.1, -0.05) is 6.08 Å². The summed E-state index contributed by atoms with van der Waals surface area (Å²) in [6.07, 6.45) is -1.32. The summed E-state index contributed by atoms with van der Waals surface area (Å²) in [6.45, 7) is 2.77. The van der Waals surface area contributed by atoms with Crippen molar-refractivity contribution in [3.63, 3.8) is 0 Å². The van der Waals surface area contributed by atoms with E-state index in [1.807, 2.05) is 0 Å². The minimum absolute atomic E-state index is 0. The second-order valence-corrected chi connectivity index (χ2v) is 5.05. The van der Waals surface area contributed by atoms with Gasteiger partial charge < -0.3 is 14.8 Å². The van der Waals surface area contributed by atoms with Gasteiger partial charge in [0, 0.05) is 6.92 Å². The molecule has 0 radical (unpaired) electrons. The summed E-state index contributed by atoms with van der Waals surface area (Å²) in [5, 5.41) is 10.9. The molecule has 1 unspecified atom stereocenters. The Hall–Kier alpha value is -2.09. The number of carboxylic acids is 1. The Bertz CT molecular complexity index is 600. The maximum atomic E-state index is 13.1. The fourth-order valence-electron chi connectivity index (χ4n) is 2.43. The van der Waals surface area contributed by atoms with Crippen LogP contribution in [0.25, 0.3) is 0 Å². The van der Waals surface area contributed by atoms with Gasteiger partial charge in [-0.3, -0.25) is 20.4 Å². The number of carboxylic acid groups (broad SMARTS) is 1. The van der Waals surface area contributed by atoms with Gasteiger partial charge in [0.15, 0.2) is 0 Å². The van der Waals surface area contributed by atoms with Gasteiger partial charge in [-0.05, 0) is 12.5 Å². The van der Waals surface area contributed by atoms with Crippen LogP contribution in [0.5, 0.6) is 0 Å². The van der Waals surface area contributed by atoms with Gasteiger partial charge in [0.2, 0.25) is 5.91 Å². The van der Waals surface area contributed by atoms with Gasteiger partial charge in [-0.25, -0.2) is 14.0 Å². The van der Waals surface area contributed by atoms with E-state index >= 15 is 0 Å². The number of hydroxylamine groups is 2. The predicted octanol–water partition coefficient (Wildman–Crippen LogP) is -5.43. The first-order chi connectivity index (χ1) is 10.7. The number of carbonyl (C=O) groups excluding carboxylic acids is 4. The molecule has 126 valence electrons. The monoisotopic (exact) mass is 336 g/mol. The molecule has 1 saturated heterocycles.